The van der Waals surface area contributed by atoms with Gasteiger partial charge < -0.3 is 9.64 Å². The van der Waals surface area contributed by atoms with Crippen LogP contribution in [-0.2, 0) is 4.79 Å². The van der Waals surface area contributed by atoms with Crippen LogP contribution in [0.4, 0.5) is 0 Å². The second-order valence-electron chi connectivity index (χ2n) is 5.09. The molecule has 116 valence electrons. The molecule has 4 nitrogen and oxygen atoms in total. The molecule has 1 aliphatic heterocycles. The predicted molar refractivity (Wildman–Crippen MR) is 85.3 cm³/mol. The van der Waals surface area contributed by atoms with E-state index in [1.807, 2.05) is 4.90 Å². The highest BCUT2D eigenvalue weighted by atomic mass is 35.5. The SMILES string of the molecule is CCCN1CCN(C(=O)COc2ccc(Cl)cc2Cl)CC1. The van der Waals surface area contributed by atoms with Crippen LogP contribution in [0.15, 0.2) is 18.2 Å². The summed E-state index contributed by atoms with van der Waals surface area (Å²) in [4.78, 5) is 16.3. The lowest BCUT2D eigenvalue weighted by molar-refractivity contribution is -0.135. The number of carbonyl (C=O) groups excluding carboxylic acids is 1. The fraction of sp³-hybridized carbons (Fsp3) is 0.533. The van der Waals surface area contributed by atoms with Gasteiger partial charge in [-0.05, 0) is 31.2 Å². The van der Waals surface area contributed by atoms with Gasteiger partial charge in [0, 0.05) is 31.2 Å². The molecule has 0 spiro atoms. The minimum absolute atomic E-state index is 0.00262. The summed E-state index contributed by atoms with van der Waals surface area (Å²) < 4.78 is 5.49. The normalized spacial score (nSPS) is 16.0. The lowest BCUT2D eigenvalue weighted by Gasteiger charge is -2.34. The van der Waals surface area contributed by atoms with E-state index in [4.69, 9.17) is 27.9 Å². The van der Waals surface area contributed by atoms with Gasteiger partial charge in [-0.1, -0.05) is 30.1 Å². The molecule has 1 aliphatic rings. The first-order chi connectivity index (χ1) is 10.1. The van der Waals surface area contributed by atoms with Crippen LogP contribution in [0.25, 0.3) is 0 Å². The van der Waals surface area contributed by atoms with E-state index in [1.165, 1.54) is 0 Å². The van der Waals surface area contributed by atoms with Crippen molar-refractivity contribution in [2.75, 3.05) is 39.3 Å². The minimum Gasteiger partial charge on any atom is -0.482 e. The third-order valence-corrected chi connectivity index (χ3v) is 4.04. The quantitative estimate of drug-likeness (QED) is 0.832. The lowest BCUT2D eigenvalue weighted by Crippen LogP contribution is -2.50. The monoisotopic (exact) mass is 330 g/mol. The van der Waals surface area contributed by atoms with Crippen molar-refractivity contribution in [1.82, 2.24) is 9.80 Å². The van der Waals surface area contributed by atoms with Gasteiger partial charge in [0.2, 0.25) is 0 Å². The van der Waals surface area contributed by atoms with E-state index >= 15 is 0 Å². The molecule has 21 heavy (non-hydrogen) atoms. The van der Waals surface area contributed by atoms with E-state index < -0.39 is 0 Å². The van der Waals surface area contributed by atoms with Gasteiger partial charge in [-0.25, -0.2) is 0 Å². The number of hydrogen-bond donors (Lipinski definition) is 0. The molecule has 1 fully saturated rings. The largest absolute Gasteiger partial charge is 0.482 e. The highest BCUT2D eigenvalue weighted by molar-refractivity contribution is 6.35. The number of carbonyl (C=O) groups is 1. The van der Waals surface area contributed by atoms with Gasteiger partial charge in [-0.15, -0.1) is 0 Å². The van der Waals surface area contributed by atoms with E-state index in [2.05, 4.69) is 11.8 Å². The van der Waals surface area contributed by atoms with Crippen molar-refractivity contribution in [3.05, 3.63) is 28.2 Å². The Labute approximate surface area is 135 Å². The van der Waals surface area contributed by atoms with Crippen molar-refractivity contribution in [2.45, 2.75) is 13.3 Å². The summed E-state index contributed by atoms with van der Waals surface area (Å²) in [5, 5.41) is 0.966. The molecule has 1 aromatic carbocycles. The maximum atomic E-state index is 12.1. The number of benzene rings is 1. The maximum absolute atomic E-state index is 12.1. The van der Waals surface area contributed by atoms with Gasteiger partial charge in [-0.2, -0.15) is 0 Å². The van der Waals surface area contributed by atoms with E-state index in [1.54, 1.807) is 18.2 Å². The Balaban J connectivity index is 1.80. The third-order valence-electron chi connectivity index (χ3n) is 3.51. The molecule has 0 radical (unpaired) electrons. The Kier molecular flexibility index (Phi) is 6.15. The molecule has 0 aliphatic carbocycles. The molecule has 1 aromatic rings. The topological polar surface area (TPSA) is 32.8 Å². The molecule has 0 saturated carbocycles. The maximum Gasteiger partial charge on any atom is 0.260 e. The fourth-order valence-electron chi connectivity index (χ4n) is 2.36. The van der Waals surface area contributed by atoms with Crippen molar-refractivity contribution in [3.63, 3.8) is 0 Å². The molecule has 6 heteroatoms. The number of hydrogen-bond acceptors (Lipinski definition) is 3. The Morgan fingerprint density at radius 3 is 2.57 bits per heavy atom. The molecule has 1 heterocycles. The summed E-state index contributed by atoms with van der Waals surface area (Å²) in [6, 6.07) is 4.97. The molecule has 2 rings (SSSR count). The van der Waals surface area contributed by atoms with Crippen molar-refractivity contribution >= 4 is 29.1 Å². The van der Waals surface area contributed by atoms with Gasteiger partial charge in [0.1, 0.15) is 5.75 Å². The highest BCUT2D eigenvalue weighted by Crippen LogP contribution is 2.27. The molecule has 1 saturated heterocycles. The minimum atomic E-state index is -0.00262. The zero-order valence-electron chi connectivity index (χ0n) is 12.1. The van der Waals surface area contributed by atoms with Crippen LogP contribution in [0.1, 0.15) is 13.3 Å². The molecule has 0 bridgehead atoms. The van der Waals surface area contributed by atoms with Crippen LogP contribution >= 0.6 is 23.2 Å². The van der Waals surface area contributed by atoms with Crippen molar-refractivity contribution < 1.29 is 9.53 Å². The van der Waals surface area contributed by atoms with Crippen molar-refractivity contribution in [1.29, 1.82) is 0 Å². The zero-order chi connectivity index (χ0) is 15.2. The second-order valence-corrected chi connectivity index (χ2v) is 5.93. The van der Waals surface area contributed by atoms with Crippen LogP contribution in [0.2, 0.25) is 10.0 Å². The number of piperazine rings is 1. The Bertz CT molecular complexity index is 489. The van der Waals surface area contributed by atoms with E-state index in [9.17, 15) is 4.79 Å². The standard InChI is InChI=1S/C15H20Cl2N2O2/c1-2-5-18-6-8-19(9-7-18)15(20)11-21-14-4-3-12(16)10-13(14)17/h3-4,10H,2,5-9,11H2,1H3. The first kappa shape index (κ1) is 16.4. The average molecular weight is 331 g/mol. The molecule has 0 unspecified atom stereocenters. The highest BCUT2D eigenvalue weighted by Gasteiger charge is 2.21. The molecule has 0 N–H and O–H groups in total. The van der Waals surface area contributed by atoms with Crippen LogP contribution in [-0.4, -0.2) is 55.0 Å². The summed E-state index contributed by atoms with van der Waals surface area (Å²) in [6.45, 7) is 6.66. The van der Waals surface area contributed by atoms with Gasteiger partial charge in [0.05, 0.1) is 5.02 Å². The summed E-state index contributed by atoms with van der Waals surface area (Å²) in [5.41, 5.74) is 0. The average Bonchev–Trinajstić information content (AvgIpc) is 2.47. The summed E-state index contributed by atoms with van der Waals surface area (Å²) in [6.07, 6.45) is 1.14. The van der Waals surface area contributed by atoms with E-state index in [0.717, 1.165) is 39.1 Å². The molecule has 1 amide bonds. The van der Waals surface area contributed by atoms with Gasteiger partial charge in [0.15, 0.2) is 6.61 Å². The summed E-state index contributed by atoms with van der Waals surface area (Å²) in [5.74, 6) is 0.483. The first-order valence-electron chi connectivity index (χ1n) is 7.18. The van der Waals surface area contributed by atoms with Crippen molar-refractivity contribution in [3.8, 4) is 5.75 Å². The Morgan fingerprint density at radius 1 is 1.24 bits per heavy atom. The smallest absolute Gasteiger partial charge is 0.260 e. The number of rotatable bonds is 5. The summed E-state index contributed by atoms with van der Waals surface area (Å²) >= 11 is 11.8. The van der Waals surface area contributed by atoms with Crippen LogP contribution < -0.4 is 4.74 Å². The van der Waals surface area contributed by atoms with Gasteiger partial charge in [-0.3, -0.25) is 9.69 Å². The molecule has 0 aromatic heterocycles. The Hall–Kier alpha value is -0.970. The summed E-state index contributed by atoms with van der Waals surface area (Å²) in [7, 11) is 0. The fourth-order valence-corrected chi connectivity index (χ4v) is 2.82. The van der Waals surface area contributed by atoms with E-state index in [-0.39, 0.29) is 12.5 Å². The number of nitrogens with zero attached hydrogens (tertiary/aromatic N) is 2. The van der Waals surface area contributed by atoms with Crippen LogP contribution in [0.5, 0.6) is 5.75 Å². The zero-order valence-corrected chi connectivity index (χ0v) is 13.7. The van der Waals surface area contributed by atoms with Crippen LogP contribution in [0.3, 0.4) is 0 Å². The third kappa shape index (κ3) is 4.77. The van der Waals surface area contributed by atoms with Gasteiger partial charge >= 0.3 is 0 Å². The van der Waals surface area contributed by atoms with Crippen LogP contribution in [0, 0.1) is 0 Å². The predicted octanol–water partition coefficient (Wildman–Crippen LogP) is 2.93. The number of amides is 1. The van der Waals surface area contributed by atoms with E-state index in [0.29, 0.717) is 15.8 Å². The lowest BCUT2D eigenvalue weighted by atomic mass is 10.3. The molecular formula is C15H20Cl2N2O2. The number of ether oxygens (including phenoxy) is 1. The molecule has 0 atom stereocenters. The second kappa shape index (κ2) is 7.87. The number of halogens is 2. The first-order valence-corrected chi connectivity index (χ1v) is 7.93. The van der Waals surface area contributed by atoms with Crippen molar-refractivity contribution in [2.24, 2.45) is 0 Å². The Morgan fingerprint density at radius 2 is 1.95 bits per heavy atom. The molecular weight excluding hydrogens is 311 g/mol. The van der Waals surface area contributed by atoms with Gasteiger partial charge in [0.25, 0.3) is 5.91 Å².